The van der Waals surface area contributed by atoms with Gasteiger partial charge in [0.1, 0.15) is 0 Å². The van der Waals surface area contributed by atoms with Crippen LogP contribution in [0.1, 0.15) is 0 Å². The number of hydrogen-bond acceptors (Lipinski definition) is 8. The highest BCUT2D eigenvalue weighted by Gasteiger charge is 2.27. The number of carbonyl (C=O) groups is 1. The lowest BCUT2D eigenvalue weighted by molar-refractivity contribution is -0.113. The average molecular weight is 459 g/mol. The number of carbonyl (C=O) groups excluding carboxylic acids is 1. The lowest BCUT2D eigenvalue weighted by atomic mass is 10.3. The zero-order valence-electron chi connectivity index (χ0n) is 15.3. The number of aromatic nitrogens is 4. The second kappa shape index (κ2) is 9.67. The molecule has 1 aliphatic heterocycles. The fourth-order valence-corrected chi connectivity index (χ4v) is 4.84. The summed E-state index contributed by atoms with van der Waals surface area (Å²) in [6, 6.07) is 4.22. The molecular formula is C16H19ClN6O4S2. The van der Waals surface area contributed by atoms with Crippen molar-refractivity contribution in [2.75, 3.05) is 37.4 Å². The number of benzene rings is 1. The van der Waals surface area contributed by atoms with Crippen LogP contribution in [0, 0.1) is 0 Å². The normalized spacial score (nSPS) is 15.2. The van der Waals surface area contributed by atoms with E-state index < -0.39 is 10.0 Å². The molecule has 2 aromatic rings. The minimum Gasteiger partial charge on any atom is -0.379 e. The Kier molecular flexibility index (Phi) is 7.24. The molecule has 29 heavy (non-hydrogen) atoms. The van der Waals surface area contributed by atoms with Crippen molar-refractivity contribution in [1.82, 2.24) is 24.5 Å². The van der Waals surface area contributed by atoms with E-state index in [1.54, 1.807) is 6.08 Å². The number of thioether (sulfide) groups is 1. The lowest BCUT2D eigenvalue weighted by Gasteiger charge is -2.26. The van der Waals surface area contributed by atoms with Gasteiger partial charge in [-0.1, -0.05) is 29.4 Å². The largest absolute Gasteiger partial charge is 0.379 e. The van der Waals surface area contributed by atoms with Crippen LogP contribution in [0.5, 0.6) is 0 Å². The van der Waals surface area contributed by atoms with E-state index in [1.165, 1.54) is 27.2 Å². The predicted molar refractivity (Wildman–Crippen MR) is 108 cm³/mol. The second-order valence-electron chi connectivity index (χ2n) is 5.93. The minimum atomic E-state index is -3.70. The van der Waals surface area contributed by atoms with Crippen molar-refractivity contribution in [3.8, 4) is 0 Å². The van der Waals surface area contributed by atoms with Gasteiger partial charge >= 0.3 is 0 Å². The van der Waals surface area contributed by atoms with Gasteiger partial charge in [0.15, 0.2) is 0 Å². The third-order valence-electron chi connectivity index (χ3n) is 3.95. The second-order valence-corrected chi connectivity index (χ2v) is 9.21. The first-order valence-electron chi connectivity index (χ1n) is 8.59. The van der Waals surface area contributed by atoms with Crippen LogP contribution in [0.25, 0.3) is 0 Å². The average Bonchev–Trinajstić information content (AvgIpc) is 3.16. The molecule has 1 fully saturated rings. The van der Waals surface area contributed by atoms with Gasteiger partial charge in [-0.05, 0) is 28.6 Å². The Hall–Kier alpha value is -1.99. The quantitative estimate of drug-likeness (QED) is 0.464. The smallest absolute Gasteiger partial charge is 0.243 e. The first-order valence-corrected chi connectivity index (χ1v) is 11.4. The zero-order chi connectivity index (χ0) is 20.9. The van der Waals surface area contributed by atoms with Gasteiger partial charge in [0.25, 0.3) is 0 Å². The van der Waals surface area contributed by atoms with Gasteiger partial charge in [-0.15, -0.1) is 11.7 Å². The van der Waals surface area contributed by atoms with E-state index in [9.17, 15) is 13.2 Å². The van der Waals surface area contributed by atoms with Crippen molar-refractivity contribution >= 4 is 45.0 Å². The van der Waals surface area contributed by atoms with Gasteiger partial charge in [-0.2, -0.15) is 4.31 Å². The zero-order valence-corrected chi connectivity index (χ0v) is 17.7. The molecule has 10 nitrogen and oxygen atoms in total. The summed E-state index contributed by atoms with van der Waals surface area (Å²) >= 11 is 7.29. The maximum absolute atomic E-state index is 12.8. The van der Waals surface area contributed by atoms with Gasteiger partial charge < -0.3 is 10.1 Å². The maximum Gasteiger partial charge on any atom is 0.243 e. The van der Waals surface area contributed by atoms with Crippen LogP contribution < -0.4 is 5.32 Å². The summed E-state index contributed by atoms with van der Waals surface area (Å²) in [7, 11) is -3.70. The Labute approximate surface area is 177 Å². The summed E-state index contributed by atoms with van der Waals surface area (Å²) in [6.07, 6.45) is 1.64. The van der Waals surface area contributed by atoms with Crippen LogP contribution >= 0.6 is 23.4 Å². The van der Waals surface area contributed by atoms with Crippen LogP contribution in [-0.2, 0) is 26.1 Å². The first kappa shape index (κ1) is 21.7. The van der Waals surface area contributed by atoms with Crippen molar-refractivity contribution in [3.05, 3.63) is 35.9 Å². The van der Waals surface area contributed by atoms with Gasteiger partial charge in [0.2, 0.25) is 21.1 Å². The highest BCUT2D eigenvalue weighted by molar-refractivity contribution is 7.99. The Morgan fingerprint density at radius 2 is 2.14 bits per heavy atom. The van der Waals surface area contributed by atoms with Gasteiger partial charge in [-0.25, -0.2) is 13.1 Å². The molecule has 0 aliphatic carbocycles. The number of anilines is 1. The van der Waals surface area contributed by atoms with Crippen molar-refractivity contribution < 1.29 is 17.9 Å². The van der Waals surface area contributed by atoms with Crippen molar-refractivity contribution in [1.29, 1.82) is 0 Å². The molecule has 2 heterocycles. The summed E-state index contributed by atoms with van der Waals surface area (Å²) in [4.78, 5) is 12.4. The van der Waals surface area contributed by atoms with Crippen molar-refractivity contribution in [3.63, 3.8) is 0 Å². The van der Waals surface area contributed by atoms with E-state index in [2.05, 4.69) is 27.4 Å². The number of ether oxygens (including phenoxy) is 1. The van der Waals surface area contributed by atoms with Crippen LogP contribution in [-0.4, -0.2) is 70.9 Å². The standard InChI is InChI=1S/C16H19ClN6O4S2/c1-2-5-23-16(19-20-21-23)28-11-15(24)18-14-10-12(3-4-13(14)17)29(25,26)22-6-8-27-9-7-22/h2-4,10H,1,5-9,11H2,(H,18,24). The molecule has 0 unspecified atom stereocenters. The van der Waals surface area contributed by atoms with Gasteiger partial charge in [0.05, 0.1) is 41.1 Å². The summed E-state index contributed by atoms with van der Waals surface area (Å²) in [5.41, 5.74) is 0.220. The topological polar surface area (TPSA) is 119 Å². The number of hydrogen-bond donors (Lipinski definition) is 1. The number of allylic oxidation sites excluding steroid dienone is 1. The Balaban J connectivity index is 1.68. The molecule has 0 spiro atoms. The van der Waals surface area contributed by atoms with E-state index in [0.717, 1.165) is 11.8 Å². The molecule has 0 bridgehead atoms. The number of nitrogens with one attached hydrogen (secondary N) is 1. The molecule has 3 rings (SSSR count). The molecule has 0 radical (unpaired) electrons. The first-order chi connectivity index (χ1) is 13.9. The molecule has 1 aromatic carbocycles. The van der Waals surface area contributed by atoms with E-state index in [0.29, 0.717) is 24.9 Å². The molecule has 13 heteroatoms. The maximum atomic E-state index is 12.8. The van der Waals surface area contributed by atoms with E-state index >= 15 is 0 Å². The predicted octanol–water partition coefficient (Wildman–Crippen LogP) is 1.26. The molecule has 1 aliphatic rings. The number of tetrazole rings is 1. The Morgan fingerprint density at radius 1 is 1.38 bits per heavy atom. The molecule has 1 amide bonds. The third kappa shape index (κ3) is 5.34. The van der Waals surface area contributed by atoms with Crippen LogP contribution in [0.4, 0.5) is 5.69 Å². The summed E-state index contributed by atoms with van der Waals surface area (Å²) in [5, 5.41) is 14.5. The third-order valence-corrected chi connectivity index (χ3v) is 7.13. The number of amides is 1. The molecule has 1 aromatic heterocycles. The molecule has 1 N–H and O–H groups in total. The Bertz CT molecular complexity index is 991. The van der Waals surface area contributed by atoms with E-state index in [-0.39, 0.29) is 40.4 Å². The number of sulfonamides is 1. The van der Waals surface area contributed by atoms with E-state index in [1.807, 2.05) is 0 Å². The number of rotatable bonds is 8. The fraction of sp³-hybridized carbons (Fsp3) is 0.375. The summed E-state index contributed by atoms with van der Waals surface area (Å²) in [5.74, 6) is -0.347. The Morgan fingerprint density at radius 3 is 2.86 bits per heavy atom. The van der Waals surface area contributed by atoms with Crippen LogP contribution in [0.15, 0.2) is 40.9 Å². The molecule has 0 saturated carbocycles. The number of nitrogens with zero attached hydrogens (tertiary/aromatic N) is 5. The minimum absolute atomic E-state index is 0.0221. The summed E-state index contributed by atoms with van der Waals surface area (Å²) in [6.45, 7) is 5.29. The van der Waals surface area contributed by atoms with Gasteiger partial charge in [-0.3, -0.25) is 4.79 Å². The van der Waals surface area contributed by atoms with Crippen molar-refractivity contribution in [2.24, 2.45) is 0 Å². The summed E-state index contributed by atoms with van der Waals surface area (Å²) < 4.78 is 33.6. The number of morpholine rings is 1. The van der Waals surface area contributed by atoms with Crippen LogP contribution in [0.3, 0.4) is 0 Å². The SMILES string of the molecule is C=CCn1nnnc1SCC(=O)Nc1cc(S(=O)(=O)N2CCOCC2)ccc1Cl. The van der Waals surface area contributed by atoms with Crippen LogP contribution in [0.2, 0.25) is 5.02 Å². The van der Waals surface area contributed by atoms with Crippen molar-refractivity contribution in [2.45, 2.75) is 16.6 Å². The molecular weight excluding hydrogens is 440 g/mol. The van der Waals surface area contributed by atoms with Gasteiger partial charge in [0, 0.05) is 13.1 Å². The fourth-order valence-electron chi connectivity index (χ4n) is 2.55. The molecule has 156 valence electrons. The highest BCUT2D eigenvalue weighted by Crippen LogP contribution is 2.27. The van der Waals surface area contributed by atoms with E-state index in [4.69, 9.17) is 16.3 Å². The molecule has 1 saturated heterocycles. The lowest BCUT2D eigenvalue weighted by Crippen LogP contribution is -2.40. The monoisotopic (exact) mass is 458 g/mol. The molecule has 0 atom stereocenters. The number of halogens is 1. The highest BCUT2D eigenvalue weighted by atomic mass is 35.5.